The summed E-state index contributed by atoms with van der Waals surface area (Å²) < 4.78 is 14.9. The van der Waals surface area contributed by atoms with Crippen molar-refractivity contribution in [1.82, 2.24) is 0 Å². The predicted molar refractivity (Wildman–Crippen MR) is 27.6 cm³/mol. The molecule has 1 aliphatic rings. The second-order valence-corrected chi connectivity index (χ2v) is 1.61. The maximum Gasteiger partial charge on any atom is 0.180 e. The molecule has 1 rings (SSSR count). The first kappa shape index (κ1) is 6.01. The van der Waals surface area contributed by atoms with E-state index < -0.39 is 0 Å². The van der Waals surface area contributed by atoms with Crippen molar-refractivity contribution in [2.24, 2.45) is 0 Å². The highest BCUT2D eigenvalue weighted by molar-refractivity contribution is 4.46. The maximum atomic E-state index is 5.08. The fourth-order valence-corrected chi connectivity index (χ4v) is 0.602. The van der Waals surface area contributed by atoms with Gasteiger partial charge in [0, 0.05) is 7.11 Å². The van der Waals surface area contributed by atoms with Crippen LogP contribution in [0.2, 0.25) is 0 Å². The summed E-state index contributed by atoms with van der Waals surface area (Å²) in [4.78, 5) is 0. The van der Waals surface area contributed by atoms with Crippen molar-refractivity contribution in [3.05, 3.63) is 0 Å². The van der Waals surface area contributed by atoms with E-state index in [1.54, 1.807) is 7.11 Å². The summed E-state index contributed by atoms with van der Waals surface area (Å²) in [5.41, 5.74) is 0. The largest absolute Gasteiger partial charge is 0.374 e. The Morgan fingerprint density at radius 1 is 1.50 bits per heavy atom. The van der Waals surface area contributed by atoms with Crippen LogP contribution in [0.5, 0.6) is 0 Å². The van der Waals surface area contributed by atoms with Crippen molar-refractivity contribution in [2.45, 2.75) is 6.29 Å². The number of hydrogen-bond donors (Lipinski definition) is 0. The van der Waals surface area contributed by atoms with Gasteiger partial charge < -0.3 is 14.2 Å². The van der Waals surface area contributed by atoms with Gasteiger partial charge in [-0.2, -0.15) is 0 Å². The molecule has 0 aromatic rings. The van der Waals surface area contributed by atoms with Gasteiger partial charge in [-0.05, 0) is 0 Å². The molecule has 0 saturated carbocycles. The zero-order valence-corrected chi connectivity index (χ0v) is 4.92. The molecule has 0 spiro atoms. The Hall–Kier alpha value is -0.120. The Labute approximate surface area is 48.5 Å². The highest BCUT2D eigenvalue weighted by atomic mass is 16.7. The van der Waals surface area contributed by atoms with Gasteiger partial charge >= 0.3 is 0 Å². The van der Waals surface area contributed by atoms with E-state index in [1.165, 1.54) is 0 Å². The standard InChI is InChI=1S/C5H10O3/c1-6-5-4-7-2-3-8-5/h5H,2-4H2,1H3/t5-/m0/s1. The molecule has 0 aromatic heterocycles. The Kier molecular flexibility index (Phi) is 2.27. The van der Waals surface area contributed by atoms with E-state index in [2.05, 4.69) is 0 Å². The minimum atomic E-state index is -0.135. The van der Waals surface area contributed by atoms with E-state index in [0.717, 1.165) is 0 Å². The molecule has 1 saturated heterocycles. The molecule has 0 aliphatic carbocycles. The number of ether oxygens (including phenoxy) is 3. The Morgan fingerprint density at radius 3 is 2.75 bits per heavy atom. The Bertz CT molecular complexity index is 58.7. The summed E-state index contributed by atoms with van der Waals surface area (Å²) in [6, 6.07) is 0. The van der Waals surface area contributed by atoms with Crippen LogP contribution in [-0.2, 0) is 14.2 Å². The summed E-state index contributed by atoms with van der Waals surface area (Å²) in [7, 11) is 1.61. The zero-order chi connectivity index (χ0) is 5.82. The molecule has 8 heavy (non-hydrogen) atoms. The van der Waals surface area contributed by atoms with Gasteiger partial charge in [-0.25, -0.2) is 0 Å². The van der Waals surface area contributed by atoms with E-state index in [1.807, 2.05) is 0 Å². The van der Waals surface area contributed by atoms with Crippen molar-refractivity contribution in [3.8, 4) is 0 Å². The van der Waals surface area contributed by atoms with Crippen molar-refractivity contribution >= 4 is 0 Å². The molecule has 1 fully saturated rings. The normalized spacial score (nSPS) is 30.4. The Morgan fingerprint density at radius 2 is 2.38 bits per heavy atom. The van der Waals surface area contributed by atoms with E-state index in [0.29, 0.717) is 19.8 Å². The fraction of sp³-hybridized carbons (Fsp3) is 1.00. The van der Waals surface area contributed by atoms with E-state index in [-0.39, 0.29) is 6.29 Å². The lowest BCUT2D eigenvalue weighted by Crippen LogP contribution is -2.29. The quantitative estimate of drug-likeness (QED) is 0.485. The summed E-state index contributed by atoms with van der Waals surface area (Å²) in [5, 5.41) is 0. The van der Waals surface area contributed by atoms with Crippen LogP contribution in [0.1, 0.15) is 0 Å². The van der Waals surface area contributed by atoms with Crippen LogP contribution in [0, 0.1) is 0 Å². The molecule has 3 nitrogen and oxygen atoms in total. The molecule has 1 atom stereocenters. The van der Waals surface area contributed by atoms with Gasteiger partial charge in [-0.1, -0.05) is 0 Å². The first-order valence-corrected chi connectivity index (χ1v) is 2.65. The van der Waals surface area contributed by atoms with Crippen LogP contribution in [0.3, 0.4) is 0 Å². The lowest BCUT2D eigenvalue weighted by molar-refractivity contribution is -0.199. The van der Waals surface area contributed by atoms with E-state index >= 15 is 0 Å². The molecular weight excluding hydrogens is 108 g/mol. The van der Waals surface area contributed by atoms with Gasteiger partial charge in [0.1, 0.15) is 0 Å². The zero-order valence-electron chi connectivity index (χ0n) is 4.92. The van der Waals surface area contributed by atoms with Crippen molar-refractivity contribution in [3.63, 3.8) is 0 Å². The first-order valence-electron chi connectivity index (χ1n) is 2.65. The van der Waals surface area contributed by atoms with Crippen LogP contribution in [0.15, 0.2) is 0 Å². The average molecular weight is 118 g/mol. The minimum absolute atomic E-state index is 0.135. The summed E-state index contributed by atoms with van der Waals surface area (Å²) in [6.07, 6.45) is -0.135. The highest BCUT2D eigenvalue weighted by Crippen LogP contribution is 1.99. The van der Waals surface area contributed by atoms with Gasteiger partial charge in [0.05, 0.1) is 19.8 Å². The van der Waals surface area contributed by atoms with Crippen molar-refractivity contribution in [1.29, 1.82) is 0 Å². The minimum Gasteiger partial charge on any atom is -0.374 e. The second-order valence-electron chi connectivity index (χ2n) is 1.61. The molecule has 0 unspecified atom stereocenters. The third-order valence-corrected chi connectivity index (χ3v) is 1.05. The van der Waals surface area contributed by atoms with Crippen molar-refractivity contribution in [2.75, 3.05) is 26.9 Å². The molecule has 0 N–H and O–H groups in total. The number of methoxy groups -OCH3 is 1. The highest BCUT2D eigenvalue weighted by Gasteiger charge is 2.11. The number of hydrogen-bond acceptors (Lipinski definition) is 3. The third kappa shape index (κ3) is 1.43. The van der Waals surface area contributed by atoms with Gasteiger partial charge in [-0.15, -0.1) is 0 Å². The van der Waals surface area contributed by atoms with Gasteiger partial charge in [0.15, 0.2) is 6.29 Å². The topological polar surface area (TPSA) is 27.7 Å². The van der Waals surface area contributed by atoms with Gasteiger partial charge in [-0.3, -0.25) is 0 Å². The van der Waals surface area contributed by atoms with Crippen LogP contribution >= 0.6 is 0 Å². The predicted octanol–water partition coefficient (Wildman–Crippen LogP) is 0.00570. The van der Waals surface area contributed by atoms with Crippen LogP contribution in [0.4, 0.5) is 0 Å². The lowest BCUT2D eigenvalue weighted by atomic mass is 10.6. The second kappa shape index (κ2) is 3.02. The average Bonchev–Trinajstić information content (AvgIpc) is 1.90. The molecular formula is C5H10O3. The van der Waals surface area contributed by atoms with E-state index in [9.17, 15) is 0 Å². The molecule has 1 aliphatic heterocycles. The lowest BCUT2D eigenvalue weighted by Gasteiger charge is -2.20. The van der Waals surface area contributed by atoms with Crippen LogP contribution < -0.4 is 0 Å². The first-order chi connectivity index (χ1) is 3.93. The van der Waals surface area contributed by atoms with Crippen molar-refractivity contribution < 1.29 is 14.2 Å². The van der Waals surface area contributed by atoms with Crippen LogP contribution in [0.25, 0.3) is 0 Å². The van der Waals surface area contributed by atoms with Crippen LogP contribution in [-0.4, -0.2) is 33.2 Å². The fourth-order valence-electron chi connectivity index (χ4n) is 0.602. The maximum absolute atomic E-state index is 5.08. The summed E-state index contributed by atoms with van der Waals surface area (Å²) >= 11 is 0. The molecule has 3 heteroatoms. The molecule has 0 aromatic carbocycles. The summed E-state index contributed by atoms with van der Waals surface area (Å²) in [6.45, 7) is 1.91. The molecule has 0 amide bonds. The van der Waals surface area contributed by atoms with E-state index in [4.69, 9.17) is 14.2 Å². The monoisotopic (exact) mass is 118 g/mol. The van der Waals surface area contributed by atoms with Gasteiger partial charge in [0.25, 0.3) is 0 Å². The SMILES string of the molecule is CO[C@@H]1COCCO1. The smallest absolute Gasteiger partial charge is 0.180 e. The molecule has 48 valence electrons. The third-order valence-electron chi connectivity index (χ3n) is 1.05. The van der Waals surface area contributed by atoms with Gasteiger partial charge in [0.2, 0.25) is 0 Å². The Balaban J connectivity index is 2.13. The summed E-state index contributed by atoms with van der Waals surface area (Å²) in [5.74, 6) is 0. The molecule has 1 heterocycles. The molecule has 0 radical (unpaired) electrons. The number of rotatable bonds is 1. The molecule has 0 bridgehead atoms.